The lowest BCUT2D eigenvalue weighted by Gasteiger charge is -2.32. The first-order chi connectivity index (χ1) is 10.5. The maximum Gasteiger partial charge on any atom is 0.307 e. The van der Waals surface area contributed by atoms with Crippen LogP contribution in [0.1, 0.15) is 19.3 Å². The smallest absolute Gasteiger partial charge is 0.307 e. The Morgan fingerprint density at radius 1 is 1.27 bits per heavy atom. The monoisotopic (exact) mass is 339 g/mol. The van der Waals surface area contributed by atoms with Crippen LogP contribution in [0.3, 0.4) is 0 Å². The van der Waals surface area contributed by atoms with Crippen LogP contribution >= 0.6 is 23.4 Å². The molecule has 0 radical (unpaired) electrons. The summed E-state index contributed by atoms with van der Waals surface area (Å²) >= 11 is 7.34. The van der Waals surface area contributed by atoms with E-state index < -0.39 is 5.97 Å². The molecule has 1 aromatic carbocycles. The lowest BCUT2D eigenvalue weighted by molar-refractivity contribution is -0.139. The molecular formula is C16H18ClNO3S. The molecule has 1 aliphatic heterocycles. The second-order valence-corrected chi connectivity index (χ2v) is 7.57. The number of likely N-dealkylation sites (tertiary alicyclic amines) is 1. The molecule has 118 valence electrons. The highest BCUT2D eigenvalue weighted by molar-refractivity contribution is 8.00. The zero-order valence-corrected chi connectivity index (χ0v) is 13.7. The number of carbonyl (C=O) groups is 2. The number of rotatable bonds is 4. The number of carbonyl (C=O) groups excluding carboxylic acids is 1. The first kappa shape index (κ1) is 15.7. The van der Waals surface area contributed by atoms with Crippen LogP contribution in [-0.4, -0.2) is 40.7 Å². The van der Waals surface area contributed by atoms with Gasteiger partial charge in [0.25, 0.3) is 0 Å². The molecule has 22 heavy (non-hydrogen) atoms. The van der Waals surface area contributed by atoms with Crippen LogP contribution in [0.25, 0.3) is 0 Å². The summed E-state index contributed by atoms with van der Waals surface area (Å²) in [5.74, 6) is -0.328. The van der Waals surface area contributed by atoms with Crippen molar-refractivity contribution in [3.8, 4) is 0 Å². The molecular weight excluding hydrogens is 322 g/mol. The van der Waals surface area contributed by atoms with Crippen molar-refractivity contribution in [2.75, 3.05) is 18.8 Å². The van der Waals surface area contributed by atoms with Crippen molar-refractivity contribution in [1.82, 2.24) is 4.90 Å². The van der Waals surface area contributed by atoms with Gasteiger partial charge in [0.15, 0.2) is 0 Å². The Morgan fingerprint density at radius 2 is 1.91 bits per heavy atom. The largest absolute Gasteiger partial charge is 0.481 e. The average molecular weight is 340 g/mol. The summed E-state index contributed by atoms with van der Waals surface area (Å²) < 4.78 is 0. The van der Waals surface area contributed by atoms with E-state index in [1.807, 2.05) is 29.2 Å². The molecule has 1 spiro atoms. The number of piperidine rings is 1. The predicted octanol–water partition coefficient (Wildman–Crippen LogP) is 3.15. The standard InChI is InChI=1S/C16H18ClNO3S/c17-11-1-3-12(4-2-11)22-10-14(19)18-7-5-16(6-8-18)9-13(16)15(20)21/h1-4,13H,5-10H2,(H,20,21). The van der Waals surface area contributed by atoms with Crippen LogP contribution in [0.4, 0.5) is 0 Å². The highest BCUT2D eigenvalue weighted by Gasteiger charge is 2.59. The number of amides is 1. The Hall–Kier alpha value is -1.20. The predicted molar refractivity (Wildman–Crippen MR) is 86.2 cm³/mol. The van der Waals surface area contributed by atoms with Gasteiger partial charge in [-0.1, -0.05) is 11.6 Å². The number of nitrogens with zero attached hydrogens (tertiary/aromatic N) is 1. The molecule has 1 unspecified atom stereocenters. The molecule has 2 aliphatic rings. The van der Waals surface area contributed by atoms with Gasteiger partial charge in [0, 0.05) is 23.0 Å². The van der Waals surface area contributed by atoms with Gasteiger partial charge in [0.2, 0.25) is 5.91 Å². The Kier molecular flexibility index (Phi) is 4.37. The Balaban J connectivity index is 1.46. The second kappa shape index (κ2) is 6.13. The first-order valence-electron chi connectivity index (χ1n) is 7.39. The summed E-state index contributed by atoms with van der Waals surface area (Å²) in [4.78, 5) is 26.2. The van der Waals surface area contributed by atoms with Crippen molar-refractivity contribution < 1.29 is 14.7 Å². The quantitative estimate of drug-likeness (QED) is 0.856. The summed E-state index contributed by atoms with van der Waals surface area (Å²) in [6, 6.07) is 7.45. The van der Waals surface area contributed by atoms with Gasteiger partial charge in [-0.25, -0.2) is 0 Å². The number of halogens is 1. The van der Waals surface area contributed by atoms with Gasteiger partial charge in [-0.3, -0.25) is 9.59 Å². The number of hydrogen-bond acceptors (Lipinski definition) is 3. The third-order valence-corrected chi connectivity index (χ3v) is 6.02. The van der Waals surface area contributed by atoms with Crippen molar-refractivity contribution in [2.24, 2.45) is 11.3 Å². The number of hydrogen-bond donors (Lipinski definition) is 1. The molecule has 3 rings (SSSR count). The lowest BCUT2D eigenvalue weighted by Crippen LogP contribution is -2.40. The fourth-order valence-electron chi connectivity index (χ4n) is 3.22. The zero-order valence-electron chi connectivity index (χ0n) is 12.1. The molecule has 4 nitrogen and oxygen atoms in total. The van der Waals surface area contributed by atoms with Crippen LogP contribution in [0.15, 0.2) is 29.2 Å². The lowest BCUT2D eigenvalue weighted by atomic mass is 9.91. The van der Waals surface area contributed by atoms with Gasteiger partial charge < -0.3 is 10.0 Å². The van der Waals surface area contributed by atoms with Crippen molar-refractivity contribution in [1.29, 1.82) is 0 Å². The molecule has 0 bridgehead atoms. The molecule has 0 aromatic heterocycles. The molecule has 1 amide bonds. The maximum atomic E-state index is 12.2. The highest BCUT2D eigenvalue weighted by Crippen LogP contribution is 2.59. The van der Waals surface area contributed by atoms with E-state index in [1.165, 1.54) is 11.8 Å². The normalized spacial score (nSPS) is 22.6. The molecule has 6 heteroatoms. The van der Waals surface area contributed by atoms with Crippen molar-refractivity contribution in [3.63, 3.8) is 0 Å². The van der Waals surface area contributed by atoms with E-state index in [9.17, 15) is 9.59 Å². The third-order valence-electron chi connectivity index (χ3n) is 4.78. The van der Waals surface area contributed by atoms with Gasteiger partial charge in [-0.05, 0) is 48.9 Å². The topological polar surface area (TPSA) is 57.6 Å². The molecule has 1 saturated carbocycles. The van der Waals surface area contributed by atoms with Crippen molar-refractivity contribution in [2.45, 2.75) is 24.2 Å². The van der Waals surface area contributed by atoms with E-state index in [0.717, 1.165) is 24.2 Å². The van der Waals surface area contributed by atoms with Gasteiger partial charge in [-0.2, -0.15) is 0 Å². The van der Waals surface area contributed by atoms with E-state index in [0.29, 0.717) is 23.9 Å². The zero-order chi connectivity index (χ0) is 15.7. The van der Waals surface area contributed by atoms with Gasteiger partial charge >= 0.3 is 5.97 Å². The number of carboxylic acid groups (broad SMARTS) is 1. The molecule has 1 heterocycles. The van der Waals surface area contributed by atoms with E-state index in [4.69, 9.17) is 16.7 Å². The van der Waals surface area contributed by atoms with Gasteiger partial charge in [0.05, 0.1) is 11.7 Å². The van der Waals surface area contributed by atoms with Gasteiger partial charge in [-0.15, -0.1) is 11.8 Å². The SMILES string of the molecule is O=C(O)C1CC12CCN(C(=O)CSc1ccc(Cl)cc1)CC2. The van der Waals surface area contributed by atoms with E-state index in [-0.39, 0.29) is 17.2 Å². The molecule has 1 aliphatic carbocycles. The highest BCUT2D eigenvalue weighted by atomic mass is 35.5. The summed E-state index contributed by atoms with van der Waals surface area (Å²) in [7, 11) is 0. The molecule has 2 fully saturated rings. The van der Waals surface area contributed by atoms with Crippen molar-refractivity contribution in [3.05, 3.63) is 29.3 Å². The number of benzene rings is 1. The molecule has 1 aromatic rings. The van der Waals surface area contributed by atoms with Crippen LogP contribution in [0, 0.1) is 11.3 Å². The molecule has 1 N–H and O–H groups in total. The number of aliphatic carboxylic acids is 1. The third kappa shape index (κ3) is 3.25. The summed E-state index contributed by atoms with van der Waals surface area (Å²) in [5.41, 5.74) is -0.0219. The maximum absolute atomic E-state index is 12.2. The van der Waals surface area contributed by atoms with E-state index in [1.54, 1.807) is 0 Å². The Morgan fingerprint density at radius 3 is 2.45 bits per heavy atom. The number of carboxylic acids is 1. The minimum Gasteiger partial charge on any atom is -0.481 e. The second-order valence-electron chi connectivity index (χ2n) is 6.08. The fourth-order valence-corrected chi connectivity index (χ4v) is 4.15. The van der Waals surface area contributed by atoms with Crippen LogP contribution in [0.5, 0.6) is 0 Å². The summed E-state index contributed by atoms with van der Waals surface area (Å²) in [6.07, 6.45) is 2.42. The Bertz CT molecular complexity index is 582. The summed E-state index contributed by atoms with van der Waals surface area (Å²) in [6.45, 7) is 1.37. The van der Waals surface area contributed by atoms with Gasteiger partial charge in [0.1, 0.15) is 0 Å². The summed E-state index contributed by atoms with van der Waals surface area (Å²) in [5, 5.41) is 9.77. The van der Waals surface area contributed by atoms with Crippen molar-refractivity contribution >= 4 is 35.2 Å². The minimum absolute atomic E-state index is 0.0219. The van der Waals surface area contributed by atoms with E-state index >= 15 is 0 Å². The number of thioether (sulfide) groups is 1. The average Bonchev–Trinajstić information content (AvgIpc) is 3.21. The van der Waals surface area contributed by atoms with E-state index in [2.05, 4.69) is 0 Å². The van der Waals surface area contributed by atoms with Crippen LogP contribution in [-0.2, 0) is 9.59 Å². The molecule has 1 saturated heterocycles. The van der Waals surface area contributed by atoms with Crippen LogP contribution < -0.4 is 0 Å². The minimum atomic E-state index is -0.682. The Labute approximate surface area is 138 Å². The first-order valence-corrected chi connectivity index (χ1v) is 8.75. The van der Waals surface area contributed by atoms with Crippen LogP contribution in [0.2, 0.25) is 5.02 Å². The molecule has 1 atom stereocenters. The fraction of sp³-hybridized carbons (Fsp3) is 0.500.